The molecule has 9 heteroatoms. The summed E-state index contributed by atoms with van der Waals surface area (Å²) in [6, 6.07) is 1.33. The summed E-state index contributed by atoms with van der Waals surface area (Å²) in [4.78, 5) is 12.3. The number of nitrogens with one attached hydrogen (secondary N) is 1. The van der Waals surface area contributed by atoms with Gasteiger partial charge in [-0.25, -0.2) is 8.42 Å². The molecule has 2 aromatic heterocycles. The van der Waals surface area contributed by atoms with Crippen LogP contribution in [0.1, 0.15) is 41.1 Å². The first kappa shape index (κ1) is 18.7. The molecule has 1 aliphatic heterocycles. The smallest absolute Gasteiger partial charge is 0.287 e. The number of carbonyl (C=O) groups excluding carboxylic acids is 1. The van der Waals surface area contributed by atoms with Crippen LogP contribution in [0.4, 0.5) is 0 Å². The molecule has 26 heavy (non-hydrogen) atoms. The van der Waals surface area contributed by atoms with Gasteiger partial charge < -0.3 is 9.73 Å². The Bertz CT molecular complexity index is 878. The maximum atomic E-state index is 12.6. The number of aromatic nitrogens is 2. The minimum Gasteiger partial charge on any atom is -0.455 e. The monoisotopic (exact) mass is 380 g/mol. The van der Waals surface area contributed by atoms with Gasteiger partial charge in [-0.05, 0) is 38.2 Å². The van der Waals surface area contributed by atoms with Gasteiger partial charge in [0.2, 0.25) is 10.0 Å². The summed E-state index contributed by atoms with van der Waals surface area (Å²) in [5.41, 5.74) is 1.11. The van der Waals surface area contributed by atoms with Crippen molar-refractivity contribution in [2.24, 2.45) is 7.05 Å². The van der Waals surface area contributed by atoms with E-state index in [-0.39, 0.29) is 16.4 Å². The number of sulfonamides is 1. The Kier molecular flexibility index (Phi) is 5.47. The summed E-state index contributed by atoms with van der Waals surface area (Å²) in [5, 5.41) is 6.87. The molecule has 1 N–H and O–H groups in total. The van der Waals surface area contributed by atoms with Gasteiger partial charge in [0.05, 0.1) is 6.20 Å². The van der Waals surface area contributed by atoms with Crippen molar-refractivity contribution in [3.63, 3.8) is 0 Å². The van der Waals surface area contributed by atoms with E-state index in [1.807, 2.05) is 13.2 Å². The van der Waals surface area contributed by atoms with E-state index < -0.39 is 15.9 Å². The van der Waals surface area contributed by atoms with Gasteiger partial charge in [0.1, 0.15) is 10.7 Å². The second-order valence-corrected chi connectivity index (χ2v) is 8.43. The molecule has 3 rings (SSSR count). The Hall–Kier alpha value is -2.13. The van der Waals surface area contributed by atoms with Crippen LogP contribution in [0, 0.1) is 6.92 Å². The molecular formula is C17H24N4O4S. The molecule has 0 spiro atoms. The highest BCUT2D eigenvalue weighted by Crippen LogP contribution is 2.26. The molecule has 1 aliphatic rings. The van der Waals surface area contributed by atoms with Gasteiger partial charge in [0, 0.05) is 38.9 Å². The number of nitrogens with zero attached hydrogens (tertiary/aromatic N) is 3. The van der Waals surface area contributed by atoms with Crippen molar-refractivity contribution < 1.29 is 17.6 Å². The number of furan rings is 1. The first-order valence-corrected chi connectivity index (χ1v) is 10.2. The molecule has 1 fully saturated rings. The Morgan fingerprint density at radius 1 is 1.35 bits per heavy atom. The Balaban J connectivity index is 1.58. The molecule has 0 saturated carbocycles. The van der Waals surface area contributed by atoms with Crippen molar-refractivity contribution in [1.82, 2.24) is 19.4 Å². The maximum absolute atomic E-state index is 12.6. The fourth-order valence-corrected chi connectivity index (χ4v) is 4.76. The van der Waals surface area contributed by atoms with Gasteiger partial charge in [0.15, 0.2) is 5.76 Å². The van der Waals surface area contributed by atoms with Gasteiger partial charge in [-0.1, -0.05) is 0 Å². The molecule has 0 atom stereocenters. The zero-order chi connectivity index (χ0) is 18.7. The summed E-state index contributed by atoms with van der Waals surface area (Å²) in [7, 11) is -1.73. The average Bonchev–Trinajstić information content (AvgIpc) is 3.32. The van der Waals surface area contributed by atoms with E-state index in [0.717, 1.165) is 31.2 Å². The van der Waals surface area contributed by atoms with Gasteiger partial charge in [-0.3, -0.25) is 9.48 Å². The quantitative estimate of drug-likeness (QED) is 0.734. The van der Waals surface area contributed by atoms with Crippen LogP contribution in [-0.4, -0.2) is 48.0 Å². The van der Waals surface area contributed by atoms with Crippen molar-refractivity contribution in [1.29, 1.82) is 0 Å². The molecule has 0 radical (unpaired) electrons. The van der Waals surface area contributed by atoms with Crippen molar-refractivity contribution >= 4 is 15.9 Å². The third kappa shape index (κ3) is 3.99. The largest absolute Gasteiger partial charge is 0.455 e. The van der Waals surface area contributed by atoms with E-state index in [9.17, 15) is 13.2 Å². The molecule has 0 unspecified atom stereocenters. The fourth-order valence-electron chi connectivity index (χ4n) is 3.08. The molecule has 3 heterocycles. The first-order chi connectivity index (χ1) is 12.4. The lowest BCUT2D eigenvalue weighted by Gasteiger charge is -2.14. The summed E-state index contributed by atoms with van der Waals surface area (Å²) in [6.07, 6.45) is 7.02. The number of hydrogen-bond donors (Lipinski definition) is 1. The molecular weight excluding hydrogens is 356 g/mol. The molecule has 142 valence electrons. The third-order valence-corrected chi connectivity index (χ3v) is 6.47. The van der Waals surface area contributed by atoms with Crippen LogP contribution >= 0.6 is 0 Å². The van der Waals surface area contributed by atoms with E-state index in [0.29, 0.717) is 19.6 Å². The number of rotatable bonds is 7. The predicted octanol–water partition coefficient (Wildman–Crippen LogP) is 1.47. The molecule has 0 bridgehead atoms. The van der Waals surface area contributed by atoms with E-state index in [2.05, 4.69) is 10.4 Å². The zero-order valence-corrected chi connectivity index (χ0v) is 15.9. The van der Waals surface area contributed by atoms with Crippen LogP contribution in [0.25, 0.3) is 0 Å². The lowest BCUT2D eigenvalue weighted by atomic mass is 10.2. The van der Waals surface area contributed by atoms with E-state index in [1.165, 1.54) is 10.4 Å². The summed E-state index contributed by atoms with van der Waals surface area (Å²) < 4.78 is 33.9. The van der Waals surface area contributed by atoms with Crippen LogP contribution in [0.15, 0.2) is 27.8 Å². The lowest BCUT2D eigenvalue weighted by Crippen LogP contribution is -2.28. The van der Waals surface area contributed by atoms with Crippen LogP contribution in [-0.2, 0) is 23.5 Å². The van der Waals surface area contributed by atoms with Crippen molar-refractivity contribution in [2.75, 3.05) is 19.6 Å². The summed E-state index contributed by atoms with van der Waals surface area (Å²) >= 11 is 0. The highest BCUT2D eigenvalue weighted by molar-refractivity contribution is 7.89. The Morgan fingerprint density at radius 3 is 2.73 bits per heavy atom. The predicted molar refractivity (Wildman–Crippen MR) is 95.3 cm³/mol. The molecule has 8 nitrogen and oxygen atoms in total. The van der Waals surface area contributed by atoms with E-state index in [4.69, 9.17) is 4.42 Å². The minimum atomic E-state index is -3.59. The highest BCUT2D eigenvalue weighted by Gasteiger charge is 2.31. The Labute approximate surface area is 153 Å². The molecule has 1 amide bonds. The third-order valence-electron chi connectivity index (χ3n) is 4.47. The molecule has 0 aromatic carbocycles. The normalized spacial score (nSPS) is 15.5. The van der Waals surface area contributed by atoms with Gasteiger partial charge in [-0.2, -0.15) is 9.40 Å². The summed E-state index contributed by atoms with van der Waals surface area (Å²) in [5.74, 6) is -0.124. The first-order valence-electron chi connectivity index (χ1n) is 8.74. The molecule has 2 aromatic rings. The van der Waals surface area contributed by atoms with Gasteiger partial charge in [0.25, 0.3) is 5.91 Å². The number of amides is 1. The summed E-state index contributed by atoms with van der Waals surface area (Å²) in [6.45, 7) is 3.08. The van der Waals surface area contributed by atoms with Crippen LogP contribution in [0.5, 0.6) is 0 Å². The average molecular weight is 380 g/mol. The van der Waals surface area contributed by atoms with E-state index >= 15 is 0 Å². The van der Waals surface area contributed by atoms with E-state index in [1.54, 1.807) is 17.8 Å². The maximum Gasteiger partial charge on any atom is 0.287 e. The van der Waals surface area contributed by atoms with Gasteiger partial charge >= 0.3 is 0 Å². The van der Waals surface area contributed by atoms with Crippen LogP contribution in [0.2, 0.25) is 0 Å². The van der Waals surface area contributed by atoms with Crippen LogP contribution in [0.3, 0.4) is 0 Å². The lowest BCUT2D eigenvalue weighted by molar-refractivity contribution is 0.0924. The molecule has 1 saturated heterocycles. The van der Waals surface area contributed by atoms with Crippen molar-refractivity contribution in [3.8, 4) is 0 Å². The topological polar surface area (TPSA) is 97.4 Å². The Morgan fingerprint density at radius 2 is 2.08 bits per heavy atom. The standard InChI is InChI=1S/C17H24N4O4S/c1-13-16(26(23,24)21-8-3-4-9-21)10-15(25-13)17(22)18-7-5-6-14-11-19-20(2)12-14/h10-12H,3-9H2,1-2H3,(H,18,22). The minimum absolute atomic E-state index is 0.0293. The van der Waals surface area contributed by atoms with Crippen LogP contribution < -0.4 is 5.32 Å². The SMILES string of the molecule is Cc1oc(C(=O)NCCCc2cnn(C)c2)cc1S(=O)(=O)N1CCCC1. The second-order valence-electron chi connectivity index (χ2n) is 6.52. The zero-order valence-electron chi connectivity index (χ0n) is 15.1. The number of hydrogen-bond acceptors (Lipinski definition) is 5. The highest BCUT2D eigenvalue weighted by atomic mass is 32.2. The number of carbonyl (C=O) groups is 1. The van der Waals surface area contributed by atoms with Crippen molar-refractivity contribution in [3.05, 3.63) is 35.5 Å². The van der Waals surface area contributed by atoms with Gasteiger partial charge in [-0.15, -0.1) is 0 Å². The molecule has 0 aliphatic carbocycles. The van der Waals surface area contributed by atoms with Crippen molar-refractivity contribution in [2.45, 2.75) is 37.5 Å². The number of aryl methyl sites for hydroxylation is 3. The second kappa shape index (κ2) is 7.63. The fraction of sp³-hybridized carbons (Fsp3) is 0.529.